The molecule has 0 spiro atoms. The maximum Gasteiger partial charge on any atom is 0.254 e. The molecule has 3 nitrogen and oxygen atoms in total. The minimum atomic E-state index is 0. The van der Waals surface area contributed by atoms with Gasteiger partial charge in [-0.25, -0.2) is 0 Å². The number of nitrogens with two attached hydrogens (primary N) is 1. The number of anilines is 1. The van der Waals surface area contributed by atoms with Crippen LogP contribution in [-0.4, -0.2) is 23.9 Å². The van der Waals surface area contributed by atoms with Gasteiger partial charge in [0.15, 0.2) is 0 Å². The summed E-state index contributed by atoms with van der Waals surface area (Å²) in [5.74, 6) is 0.829. The van der Waals surface area contributed by atoms with Gasteiger partial charge in [-0.15, -0.1) is 12.4 Å². The van der Waals surface area contributed by atoms with Gasteiger partial charge >= 0.3 is 0 Å². The summed E-state index contributed by atoms with van der Waals surface area (Å²) < 4.78 is 0. The molecule has 1 heterocycles. The number of nitrogens with zero attached hydrogens (tertiary/aromatic N) is 1. The van der Waals surface area contributed by atoms with Gasteiger partial charge in [0.05, 0.1) is 0 Å². The molecule has 2 N–H and O–H groups in total. The second kappa shape index (κ2) is 6.69. The van der Waals surface area contributed by atoms with Crippen molar-refractivity contribution in [2.45, 2.75) is 40.5 Å². The van der Waals surface area contributed by atoms with E-state index >= 15 is 0 Å². The van der Waals surface area contributed by atoms with Crippen LogP contribution in [0, 0.1) is 18.3 Å². The number of rotatable bonds is 1. The molecule has 0 unspecified atom stereocenters. The van der Waals surface area contributed by atoms with E-state index in [0.717, 1.165) is 37.1 Å². The molecule has 0 radical (unpaired) electrons. The summed E-state index contributed by atoms with van der Waals surface area (Å²) in [7, 11) is 0. The first-order chi connectivity index (χ1) is 9.29. The van der Waals surface area contributed by atoms with E-state index in [2.05, 4.69) is 20.8 Å². The van der Waals surface area contributed by atoms with Gasteiger partial charge in [-0.2, -0.15) is 0 Å². The monoisotopic (exact) mass is 310 g/mol. The Kier molecular flexibility index (Phi) is 5.68. The van der Waals surface area contributed by atoms with Gasteiger partial charge in [-0.05, 0) is 48.8 Å². The topological polar surface area (TPSA) is 46.3 Å². The molecule has 1 saturated heterocycles. The number of nitrogen functional groups attached to an aromatic ring is 1. The molecule has 1 amide bonds. The number of halogens is 1. The van der Waals surface area contributed by atoms with E-state index in [9.17, 15) is 4.79 Å². The number of piperidine rings is 1. The molecular weight excluding hydrogens is 284 g/mol. The Morgan fingerprint density at radius 3 is 2.33 bits per heavy atom. The van der Waals surface area contributed by atoms with E-state index in [1.165, 1.54) is 0 Å². The van der Waals surface area contributed by atoms with Crippen molar-refractivity contribution in [1.82, 2.24) is 4.90 Å². The van der Waals surface area contributed by atoms with Gasteiger partial charge in [0.25, 0.3) is 5.91 Å². The summed E-state index contributed by atoms with van der Waals surface area (Å²) >= 11 is 0. The van der Waals surface area contributed by atoms with Crippen molar-refractivity contribution < 1.29 is 4.79 Å². The van der Waals surface area contributed by atoms with Gasteiger partial charge in [0.2, 0.25) is 0 Å². The van der Waals surface area contributed by atoms with E-state index < -0.39 is 0 Å². The zero-order chi connectivity index (χ0) is 14.9. The number of aryl methyl sites for hydroxylation is 1. The van der Waals surface area contributed by atoms with Crippen LogP contribution in [0.5, 0.6) is 0 Å². The molecule has 0 aromatic heterocycles. The first-order valence-corrected chi connectivity index (χ1v) is 7.44. The van der Waals surface area contributed by atoms with Crippen LogP contribution in [0.25, 0.3) is 0 Å². The second-order valence-electron chi connectivity index (χ2n) is 7.01. The zero-order valence-corrected chi connectivity index (χ0v) is 14.3. The first-order valence-electron chi connectivity index (χ1n) is 7.44. The number of amides is 1. The lowest BCUT2D eigenvalue weighted by atomic mass is 9.75. The highest BCUT2D eigenvalue weighted by Gasteiger charge is 2.30. The highest BCUT2D eigenvalue weighted by atomic mass is 35.5. The molecule has 1 fully saturated rings. The van der Waals surface area contributed by atoms with Gasteiger partial charge in [-0.3, -0.25) is 4.79 Å². The molecule has 0 aliphatic carbocycles. The first kappa shape index (κ1) is 17.8. The Balaban J connectivity index is 0.00000220. The van der Waals surface area contributed by atoms with Crippen LogP contribution >= 0.6 is 12.4 Å². The Hall–Kier alpha value is -1.22. The van der Waals surface area contributed by atoms with E-state index in [0.29, 0.717) is 17.0 Å². The van der Waals surface area contributed by atoms with Crippen molar-refractivity contribution in [1.29, 1.82) is 0 Å². The van der Waals surface area contributed by atoms with E-state index in [-0.39, 0.29) is 18.3 Å². The van der Waals surface area contributed by atoms with Crippen molar-refractivity contribution in [3.05, 3.63) is 29.3 Å². The van der Waals surface area contributed by atoms with Crippen molar-refractivity contribution in [3.8, 4) is 0 Å². The Morgan fingerprint density at radius 1 is 1.24 bits per heavy atom. The minimum absolute atomic E-state index is 0. The van der Waals surface area contributed by atoms with Crippen LogP contribution < -0.4 is 5.73 Å². The molecule has 4 heteroatoms. The molecule has 0 saturated carbocycles. The smallest absolute Gasteiger partial charge is 0.254 e. The largest absolute Gasteiger partial charge is 0.399 e. The van der Waals surface area contributed by atoms with Crippen molar-refractivity contribution >= 4 is 24.0 Å². The van der Waals surface area contributed by atoms with Crippen LogP contribution in [-0.2, 0) is 0 Å². The third-order valence-corrected chi connectivity index (χ3v) is 4.50. The normalized spacial score (nSPS) is 16.5. The fourth-order valence-corrected chi connectivity index (χ4v) is 2.99. The summed E-state index contributed by atoms with van der Waals surface area (Å²) in [5.41, 5.74) is 8.55. The highest BCUT2D eigenvalue weighted by molar-refractivity contribution is 5.96. The van der Waals surface area contributed by atoms with Gasteiger partial charge in [0.1, 0.15) is 0 Å². The SMILES string of the molecule is Cc1ccc(N)cc1C(=O)N1CCC(C(C)(C)C)CC1.Cl. The number of hydrogen-bond acceptors (Lipinski definition) is 2. The van der Waals surface area contributed by atoms with Crippen LogP contribution in [0.3, 0.4) is 0 Å². The summed E-state index contributed by atoms with van der Waals surface area (Å²) in [6.07, 6.45) is 2.19. The number of carbonyl (C=O) groups is 1. The summed E-state index contributed by atoms with van der Waals surface area (Å²) in [5, 5.41) is 0. The molecular formula is C17H27ClN2O. The average Bonchev–Trinajstić information content (AvgIpc) is 2.40. The quantitative estimate of drug-likeness (QED) is 0.800. The van der Waals surface area contributed by atoms with E-state index in [4.69, 9.17) is 5.73 Å². The zero-order valence-electron chi connectivity index (χ0n) is 13.5. The predicted octanol–water partition coefficient (Wildman–Crippen LogP) is 3.90. The number of benzene rings is 1. The molecule has 118 valence electrons. The molecule has 1 aliphatic heterocycles. The fourth-order valence-electron chi connectivity index (χ4n) is 2.99. The fraction of sp³-hybridized carbons (Fsp3) is 0.588. The Morgan fingerprint density at radius 2 is 1.81 bits per heavy atom. The number of hydrogen-bond donors (Lipinski definition) is 1. The van der Waals surface area contributed by atoms with Gasteiger partial charge < -0.3 is 10.6 Å². The lowest BCUT2D eigenvalue weighted by Gasteiger charge is -2.39. The summed E-state index contributed by atoms with van der Waals surface area (Å²) in [6, 6.07) is 5.57. The van der Waals surface area contributed by atoms with Crippen LogP contribution in [0.4, 0.5) is 5.69 Å². The van der Waals surface area contributed by atoms with Crippen molar-refractivity contribution in [3.63, 3.8) is 0 Å². The molecule has 1 aliphatic rings. The van der Waals surface area contributed by atoms with E-state index in [1.54, 1.807) is 6.07 Å². The van der Waals surface area contributed by atoms with Crippen LogP contribution in [0.15, 0.2) is 18.2 Å². The third-order valence-electron chi connectivity index (χ3n) is 4.50. The lowest BCUT2D eigenvalue weighted by Crippen LogP contribution is -2.41. The Bertz CT molecular complexity index is 500. The highest BCUT2D eigenvalue weighted by Crippen LogP contribution is 2.34. The predicted molar refractivity (Wildman–Crippen MR) is 90.9 cm³/mol. The minimum Gasteiger partial charge on any atom is -0.399 e. The average molecular weight is 311 g/mol. The van der Waals surface area contributed by atoms with Gasteiger partial charge in [-0.1, -0.05) is 26.8 Å². The second-order valence-corrected chi connectivity index (χ2v) is 7.01. The van der Waals surface area contributed by atoms with Gasteiger partial charge in [0, 0.05) is 24.3 Å². The van der Waals surface area contributed by atoms with Crippen LogP contribution in [0.2, 0.25) is 0 Å². The molecule has 0 bridgehead atoms. The molecule has 1 aromatic rings. The summed E-state index contributed by atoms with van der Waals surface area (Å²) in [6.45, 7) is 10.5. The van der Waals surface area contributed by atoms with E-state index in [1.807, 2.05) is 24.0 Å². The standard InChI is InChI=1S/C17H26N2O.ClH/c1-12-5-6-14(18)11-15(12)16(20)19-9-7-13(8-10-19)17(2,3)4;/h5-6,11,13H,7-10,18H2,1-4H3;1H. The Labute approximate surface area is 134 Å². The molecule has 0 atom stereocenters. The molecule has 21 heavy (non-hydrogen) atoms. The van der Waals surface area contributed by atoms with Crippen molar-refractivity contribution in [2.75, 3.05) is 18.8 Å². The van der Waals surface area contributed by atoms with Crippen LogP contribution in [0.1, 0.15) is 49.5 Å². The third kappa shape index (κ3) is 4.13. The molecule has 2 rings (SSSR count). The summed E-state index contributed by atoms with van der Waals surface area (Å²) in [4.78, 5) is 14.6. The maximum absolute atomic E-state index is 12.6. The maximum atomic E-state index is 12.6. The molecule has 1 aromatic carbocycles. The number of likely N-dealkylation sites (tertiary alicyclic amines) is 1. The van der Waals surface area contributed by atoms with Crippen molar-refractivity contribution in [2.24, 2.45) is 11.3 Å². The number of carbonyl (C=O) groups excluding carboxylic acids is 1. The lowest BCUT2D eigenvalue weighted by molar-refractivity contribution is 0.0608.